The molecular formula is C12H15N3O2S. The van der Waals surface area contributed by atoms with Crippen LogP contribution in [0.15, 0.2) is 24.4 Å². The molecule has 3 rings (SSSR count). The number of hydrogen-bond donors (Lipinski definition) is 0. The quantitative estimate of drug-likeness (QED) is 0.819. The molecule has 1 aliphatic rings. The normalized spacial score (nSPS) is 23.2. The van der Waals surface area contributed by atoms with Crippen molar-refractivity contribution in [3.05, 3.63) is 30.2 Å². The van der Waals surface area contributed by atoms with Crippen molar-refractivity contribution in [3.8, 4) is 0 Å². The molecule has 0 spiro atoms. The van der Waals surface area contributed by atoms with E-state index in [1.54, 1.807) is 0 Å². The van der Waals surface area contributed by atoms with E-state index in [4.69, 9.17) is 0 Å². The van der Waals surface area contributed by atoms with Crippen LogP contribution in [-0.4, -0.2) is 34.0 Å². The molecule has 0 radical (unpaired) electrons. The Morgan fingerprint density at radius 3 is 3.00 bits per heavy atom. The van der Waals surface area contributed by atoms with Gasteiger partial charge in [-0.2, -0.15) is 0 Å². The van der Waals surface area contributed by atoms with Crippen LogP contribution in [0.1, 0.15) is 25.1 Å². The van der Waals surface area contributed by atoms with Crippen LogP contribution in [0.4, 0.5) is 0 Å². The lowest BCUT2D eigenvalue weighted by atomic mass is 10.1. The first-order valence-corrected chi connectivity index (χ1v) is 7.88. The lowest BCUT2D eigenvalue weighted by molar-refractivity contribution is 0.533. The van der Waals surface area contributed by atoms with Crippen molar-refractivity contribution in [3.63, 3.8) is 0 Å². The highest BCUT2D eigenvalue weighted by Gasteiger charge is 2.30. The van der Waals surface area contributed by atoms with Crippen molar-refractivity contribution in [1.82, 2.24) is 14.6 Å². The summed E-state index contributed by atoms with van der Waals surface area (Å²) >= 11 is 0. The molecule has 1 aliphatic heterocycles. The highest BCUT2D eigenvalue weighted by atomic mass is 32.2. The summed E-state index contributed by atoms with van der Waals surface area (Å²) in [5.74, 6) is 1.05. The average molecular weight is 265 g/mol. The van der Waals surface area contributed by atoms with Gasteiger partial charge < -0.3 is 0 Å². The third-order valence-corrected chi connectivity index (χ3v) is 5.78. The molecule has 5 nitrogen and oxygen atoms in total. The maximum absolute atomic E-state index is 12.0. The van der Waals surface area contributed by atoms with E-state index < -0.39 is 9.84 Å². The first-order chi connectivity index (χ1) is 8.67. The maximum Gasteiger partial charge on any atom is 0.160 e. The Morgan fingerprint density at radius 1 is 1.28 bits per heavy atom. The summed E-state index contributed by atoms with van der Waals surface area (Å²) in [7, 11) is -2.95. The van der Waals surface area contributed by atoms with Crippen molar-refractivity contribution < 1.29 is 8.42 Å². The van der Waals surface area contributed by atoms with Crippen LogP contribution in [0.3, 0.4) is 0 Å². The molecule has 0 saturated carbocycles. The minimum Gasteiger partial charge on any atom is -0.286 e. The van der Waals surface area contributed by atoms with Crippen molar-refractivity contribution >= 4 is 15.5 Å². The maximum atomic E-state index is 12.0. The zero-order valence-corrected chi connectivity index (χ0v) is 10.8. The van der Waals surface area contributed by atoms with E-state index in [2.05, 4.69) is 10.2 Å². The van der Waals surface area contributed by atoms with Gasteiger partial charge in [-0.15, -0.1) is 10.2 Å². The second kappa shape index (κ2) is 4.35. The lowest BCUT2D eigenvalue weighted by Crippen LogP contribution is -2.30. The van der Waals surface area contributed by atoms with Gasteiger partial charge in [-0.05, 0) is 25.0 Å². The first-order valence-electron chi connectivity index (χ1n) is 6.17. The zero-order chi connectivity index (χ0) is 12.6. The SMILES string of the molecule is O=S1(=O)CCCCC1Cc1nnc2ccccn12. The number of pyridine rings is 1. The van der Waals surface area contributed by atoms with Crippen LogP contribution >= 0.6 is 0 Å². The van der Waals surface area contributed by atoms with Crippen molar-refractivity contribution in [1.29, 1.82) is 0 Å². The molecule has 0 aliphatic carbocycles. The van der Waals surface area contributed by atoms with E-state index in [-0.39, 0.29) is 5.25 Å². The Hall–Kier alpha value is -1.43. The van der Waals surface area contributed by atoms with E-state index in [9.17, 15) is 8.42 Å². The van der Waals surface area contributed by atoms with Crippen molar-refractivity contribution in [2.45, 2.75) is 30.9 Å². The summed E-state index contributed by atoms with van der Waals surface area (Å²) in [6.45, 7) is 0. The summed E-state index contributed by atoms with van der Waals surface area (Å²) < 4.78 is 25.8. The monoisotopic (exact) mass is 265 g/mol. The highest BCUT2D eigenvalue weighted by molar-refractivity contribution is 7.92. The van der Waals surface area contributed by atoms with Gasteiger partial charge in [0.1, 0.15) is 5.82 Å². The molecule has 1 saturated heterocycles. The van der Waals surface area contributed by atoms with E-state index in [1.165, 1.54) is 0 Å². The Labute approximate surface area is 106 Å². The molecule has 96 valence electrons. The van der Waals surface area contributed by atoms with Crippen LogP contribution in [-0.2, 0) is 16.3 Å². The summed E-state index contributed by atoms with van der Waals surface area (Å²) in [4.78, 5) is 0. The Morgan fingerprint density at radius 2 is 2.17 bits per heavy atom. The minimum absolute atomic E-state index is 0.293. The molecule has 2 aromatic heterocycles. The van der Waals surface area contributed by atoms with Crippen molar-refractivity contribution in [2.24, 2.45) is 0 Å². The number of nitrogens with zero attached hydrogens (tertiary/aromatic N) is 3. The number of hydrogen-bond acceptors (Lipinski definition) is 4. The van der Waals surface area contributed by atoms with E-state index >= 15 is 0 Å². The topological polar surface area (TPSA) is 64.3 Å². The lowest BCUT2D eigenvalue weighted by Gasteiger charge is -2.21. The van der Waals surface area contributed by atoms with Gasteiger partial charge in [-0.3, -0.25) is 4.40 Å². The molecule has 0 aromatic carbocycles. The predicted molar refractivity (Wildman–Crippen MR) is 68.1 cm³/mol. The smallest absolute Gasteiger partial charge is 0.160 e. The molecule has 1 atom stereocenters. The zero-order valence-electron chi connectivity index (χ0n) is 9.99. The van der Waals surface area contributed by atoms with E-state index in [0.29, 0.717) is 12.2 Å². The van der Waals surface area contributed by atoms with Gasteiger partial charge in [-0.1, -0.05) is 12.5 Å². The molecular weight excluding hydrogens is 250 g/mol. The first kappa shape index (κ1) is 11.6. The Balaban J connectivity index is 1.92. The predicted octanol–water partition coefficient (Wildman–Crippen LogP) is 1.24. The molecule has 6 heteroatoms. The van der Waals surface area contributed by atoms with Gasteiger partial charge in [0, 0.05) is 12.6 Å². The third kappa shape index (κ3) is 2.01. The summed E-state index contributed by atoms with van der Waals surface area (Å²) in [5, 5.41) is 7.86. The second-order valence-corrected chi connectivity index (χ2v) is 7.13. The minimum atomic E-state index is -2.95. The third-order valence-electron chi connectivity index (χ3n) is 3.51. The van der Waals surface area contributed by atoms with Crippen molar-refractivity contribution in [2.75, 3.05) is 5.75 Å². The van der Waals surface area contributed by atoms with Gasteiger partial charge in [0.05, 0.1) is 11.0 Å². The Kier molecular flexibility index (Phi) is 2.81. The second-order valence-electron chi connectivity index (χ2n) is 4.73. The molecule has 0 bridgehead atoms. The fourth-order valence-corrected chi connectivity index (χ4v) is 4.35. The summed E-state index contributed by atoms with van der Waals surface area (Å²) in [5.41, 5.74) is 0.765. The summed E-state index contributed by atoms with van der Waals surface area (Å²) in [6.07, 6.45) is 4.86. The van der Waals surface area contributed by atoms with Gasteiger partial charge in [0.25, 0.3) is 0 Å². The standard InChI is InChI=1S/C12H15N3O2S/c16-18(17)8-4-2-5-10(18)9-12-14-13-11-6-1-3-7-15(11)12/h1,3,6-7,10H,2,4-5,8-9H2. The fraction of sp³-hybridized carbons (Fsp3) is 0.500. The van der Waals surface area contributed by atoms with Crippen LogP contribution in [0.25, 0.3) is 5.65 Å². The molecule has 1 unspecified atom stereocenters. The van der Waals surface area contributed by atoms with Gasteiger partial charge in [0.2, 0.25) is 0 Å². The molecule has 3 heterocycles. The van der Waals surface area contributed by atoms with Gasteiger partial charge in [-0.25, -0.2) is 8.42 Å². The fourth-order valence-electron chi connectivity index (χ4n) is 2.48. The summed E-state index contributed by atoms with van der Waals surface area (Å²) in [6, 6.07) is 5.66. The molecule has 18 heavy (non-hydrogen) atoms. The highest BCUT2D eigenvalue weighted by Crippen LogP contribution is 2.22. The van der Waals surface area contributed by atoms with Gasteiger partial charge >= 0.3 is 0 Å². The number of aromatic nitrogens is 3. The largest absolute Gasteiger partial charge is 0.286 e. The van der Waals surface area contributed by atoms with Crippen LogP contribution < -0.4 is 0 Å². The molecule has 1 fully saturated rings. The number of fused-ring (bicyclic) bond motifs is 1. The molecule has 2 aromatic rings. The Bertz CT molecular complexity index is 663. The number of rotatable bonds is 2. The molecule has 0 N–H and O–H groups in total. The van der Waals surface area contributed by atoms with Crippen LogP contribution in [0.2, 0.25) is 0 Å². The van der Waals surface area contributed by atoms with Crippen LogP contribution in [0, 0.1) is 0 Å². The van der Waals surface area contributed by atoms with E-state index in [1.807, 2.05) is 28.8 Å². The number of sulfone groups is 1. The van der Waals surface area contributed by atoms with Crippen LogP contribution in [0.5, 0.6) is 0 Å². The molecule has 0 amide bonds. The van der Waals surface area contributed by atoms with E-state index in [0.717, 1.165) is 30.7 Å². The van der Waals surface area contributed by atoms with Gasteiger partial charge in [0.15, 0.2) is 15.5 Å². The average Bonchev–Trinajstić information content (AvgIpc) is 2.75.